The molecule has 6 aromatic heterocycles. The second-order valence-electron chi connectivity index (χ2n) is 15.1. The van der Waals surface area contributed by atoms with Crippen molar-refractivity contribution in [3.8, 4) is 0 Å². The van der Waals surface area contributed by atoms with Gasteiger partial charge in [-0.15, -0.1) is 0 Å². The molecular formula is C44H38N12O5. The van der Waals surface area contributed by atoms with Crippen LogP contribution in [0.5, 0.6) is 0 Å². The van der Waals surface area contributed by atoms with Crippen LogP contribution in [0.2, 0.25) is 0 Å². The number of carbonyl (C=O) groups is 2. The van der Waals surface area contributed by atoms with Gasteiger partial charge in [0.25, 0.3) is 11.1 Å². The summed E-state index contributed by atoms with van der Waals surface area (Å²) in [5.74, 6) is 0.0415. The van der Waals surface area contributed by atoms with Crippen molar-refractivity contribution >= 4 is 46.1 Å². The Hall–Kier alpha value is -8.08. The van der Waals surface area contributed by atoms with Gasteiger partial charge in [-0.25, -0.2) is 38.3 Å². The summed E-state index contributed by atoms with van der Waals surface area (Å²) in [6.45, 7) is 4.61. The molecule has 8 heterocycles. The number of benzene rings is 2. The van der Waals surface area contributed by atoms with Crippen molar-refractivity contribution in [2.24, 2.45) is 14.1 Å². The summed E-state index contributed by atoms with van der Waals surface area (Å²) in [5, 5.41) is 0. The van der Waals surface area contributed by atoms with Gasteiger partial charge in [0.1, 0.15) is 0 Å². The number of nitrogens with zero attached hydrogens (tertiary/aromatic N) is 12. The van der Waals surface area contributed by atoms with E-state index in [4.69, 9.17) is 14.7 Å². The topological polar surface area (TPSA) is 164 Å². The minimum atomic E-state index is -0.922. The maximum Gasteiger partial charge on any atom is 0.426 e. The zero-order chi connectivity index (χ0) is 42.1. The van der Waals surface area contributed by atoms with Crippen LogP contribution >= 0.6 is 0 Å². The van der Waals surface area contributed by atoms with E-state index < -0.39 is 24.0 Å². The van der Waals surface area contributed by atoms with Crippen LogP contribution < -0.4 is 11.1 Å². The van der Waals surface area contributed by atoms with Gasteiger partial charge in [-0.2, -0.15) is 0 Å². The van der Waals surface area contributed by atoms with E-state index in [2.05, 4.69) is 9.97 Å². The Labute approximate surface area is 346 Å². The number of ether oxygens (including phenoxy) is 1. The van der Waals surface area contributed by atoms with E-state index in [0.29, 0.717) is 69.7 Å². The minimum absolute atomic E-state index is 0.256. The van der Waals surface area contributed by atoms with Crippen molar-refractivity contribution in [3.05, 3.63) is 177 Å². The van der Waals surface area contributed by atoms with E-state index in [1.54, 1.807) is 54.9 Å². The molecule has 0 radical (unpaired) electrons. The zero-order valence-corrected chi connectivity index (χ0v) is 33.5. The molecule has 2 amide bonds. The Bertz CT molecular complexity index is 3090. The first kappa shape index (κ1) is 37.2. The molecule has 2 aromatic carbocycles. The Morgan fingerprint density at radius 2 is 0.967 bits per heavy atom. The van der Waals surface area contributed by atoms with Crippen molar-refractivity contribution in [3.63, 3.8) is 0 Å². The molecule has 61 heavy (non-hydrogen) atoms. The molecule has 2 aliphatic heterocycles. The van der Waals surface area contributed by atoms with Crippen LogP contribution in [-0.2, 0) is 31.9 Å². The van der Waals surface area contributed by atoms with Crippen molar-refractivity contribution in [2.75, 3.05) is 0 Å². The summed E-state index contributed by atoms with van der Waals surface area (Å²) in [6, 6.07) is 19.7. The molecule has 0 atom stereocenters. The van der Waals surface area contributed by atoms with E-state index in [9.17, 15) is 19.2 Å². The summed E-state index contributed by atoms with van der Waals surface area (Å²) < 4.78 is 15.7. The minimum Gasteiger partial charge on any atom is -0.358 e. The highest BCUT2D eigenvalue weighted by atomic mass is 16.6. The lowest BCUT2D eigenvalue weighted by atomic mass is 10.0. The summed E-state index contributed by atoms with van der Waals surface area (Å²) in [6.07, 6.45) is 14.4. The van der Waals surface area contributed by atoms with E-state index in [1.165, 1.54) is 24.8 Å². The van der Waals surface area contributed by atoms with Crippen molar-refractivity contribution in [1.82, 2.24) is 56.8 Å². The Morgan fingerprint density at radius 1 is 0.590 bits per heavy atom. The molecule has 0 saturated carbocycles. The van der Waals surface area contributed by atoms with Crippen LogP contribution in [0.1, 0.15) is 45.7 Å². The molecule has 0 spiro atoms. The molecule has 0 aliphatic carbocycles. The Morgan fingerprint density at radius 3 is 1.34 bits per heavy atom. The van der Waals surface area contributed by atoms with Crippen LogP contribution in [0, 0.1) is 13.8 Å². The molecular weight excluding hydrogens is 777 g/mol. The molecule has 2 aliphatic rings. The first-order chi connectivity index (χ1) is 29.6. The van der Waals surface area contributed by atoms with E-state index in [-0.39, 0.29) is 11.1 Å². The first-order valence-electron chi connectivity index (χ1n) is 19.6. The molecule has 0 saturated heterocycles. The third kappa shape index (κ3) is 6.08. The number of aromatic nitrogens is 10. The lowest BCUT2D eigenvalue weighted by Crippen LogP contribution is -2.31. The molecule has 0 unspecified atom stereocenters. The third-order valence-electron chi connectivity index (χ3n) is 11.3. The summed E-state index contributed by atoms with van der Waals surface area (Å²) in [5.41, 5.74) is 6.05. The molecule has 10 rings (SSSR count). The fraction of sp³-hybridized carbons (Fsp3) is 0.182. The second-order valence-corrected chi connectivity index (χ2v) is 15.1. The average molecular weight is 815 g/mol. The number of amides is 2. The van der Waals surface area contributed by atoms with E-state index in [0.717, 1.165) is 20.9 Å². The molecule has 0 fully saturated rings. The zero-order valence-electron chi connectivity index (χ0n) is 33.5. The highest BCUT2D eigenvalue weighted by Crippen LogP contribution is 2.29. The standard InChI is InChI=1S/C44H38N12O5/c1-27-33(55-39(57)35-37(49(3)41(55)47-27)45-25-53(35)23-29-11-7-5-8-12-29)31-15-19-51(20-16-31)43(59)61-44(60)52-21-17-32(18-22-52)34-28(2)48-42-50(4)38-36(40(58)56(34)42)54(26-46-38)24-30-13-9-6-10-14-30/h5-22,25-26,31-32H,23-24H2,1-4H3. The molecule has 0 bridgehead atoms. The lowest BCUT2D eigenvalue weighted by Gasteiger charge is -2.22. The number of aryl methyl sites for hydroxylation is 4. The van der Waals surface area contributed by atoms with Crippen molar-refractivity contribution in [1.29, 1.82) is 0 Å². The highest BCUT2D eigenvalue weighted by molar-refractivity contribution is 5.86. The predicted molar refractivity (Wildman–Crippen MR) is 226 cm³/mol. The van der Waals surface area contributed by atoms with Gasteiger partial charge in [-0.1, -0.05) is 85.0 Å². The summed E-state index contributed by atoms with van der Waals surface area (Å²) >= 11 is 0. The maximum atomic E-state index is 14.2. The fourth-order valence-electron chi connectivity index (χ4n) is 8.31. The fourth-order valence-corrected chi connectivity index (χ4v) is 8.31. The molecule has 304 valence electrons. The van der Waals surface area contributed by atoms with E-state index >= 15 is 0 Å². The van der Waals surface area contributed by atoms with Crippen LogP contribution in [0.15, 0.2) is 132 Å². The van der Waals surface area contributed by atoms with Crippen LogP contribution in [0.3, 0.4) is 0 Å². The van der Waals surface area contributed by atoms with E-state index in [1.807, 2.05) is 97.7 Å². The lowest BCUT2D eigenvalue weighted by molar-refractivity contribution is 0.125. The maximum absolute atomic E-state index is 14.2. The van der Waals surface area contributed by atoms with Crippen LogP contribution in [0.25, 0.3) is 33.9 Å². The van der Waals surface area contributed by atoms with Crippen LogP contribution in [0.4, 0.5) is 9.59 Å². The van der Waals surface area contributed by atoms with Crippen molar-refractivity contribution < 1.29 is 14.3 Å². The second kappa shape index (κ2) is 14.3. The summed E-state index contributed by atoms with van der Waals surface area (Å²) in [4.78, 5) is 75.7. The quantitative estimate of drug-likeness (QED) is 0.194. The first-order valence-corrected chi connectivity index (χ1v) is 19.6. The smallest absolute Gasteiger partial charge is 0.358 e. The van der Waals surface area contributed by atoms with Gasteiger partial charge in [0.2, 0.25) is 11.6 Å². The normalized spacial score (nSPS) is 14.5. The largest absolute Gasteiger partial charge is 0.426 e. The van der Waals surface area contributed by atoms with Gasteiger partial charge in [0, 0.05) is 63.8 Å². The van der Waals surface area contributed by atoms with Gasteiger partial charge < -0.3 is 13.9 Å². The predicted octanol–water partition coefficient (Wildman–Crippen LogP) is 5.60. The number of hydrogen-bond acceptors (Lipinski definition) is 9. The van der Waals surface area contributed by atoms with Crippen LogP contribution in [-0.4, -0.2) is 69.0 Å². The number of hydrogen-bond donors (Lipinski definition) is 0. The van der Waals surface area contributed by atoms with Crippen molar-refractivity contribution in [2.45, 2.75) is 38.8 Å². The monoisotopic (exact) mass is 814 g/mol. The molecule has 0 N–H and O–H groups in total. The number of imidazole rings is 4. The number of allylic oxidation sites excluding steroid dienone is 4. The Kier molecular flexibility index (Phi) is 8.74. The van der Waals surface area contributed by atoms with Gasteiger partial charge in [-0.05, 0) is 25.0 Å². The summed E-state index contributed by atoms with van der Waals surface area (Å²) in [7, 11) is 3.65. The average Bonchev–Trinajstić information content (AvgIpc) is 4.06. The number of fused-ring (bicyclic) bond motifs is 4. The number of rotatable bonds is 6. The SMILES string of the molecule is Cc1nc2n(C)c3ncn(Cc4ccccc4)c3c(=O)n2c1C1C=CN(C(=O)OC(=O)N2C=CC(c3c(C)nc4n(C)c5ncn(Cc6ccccc6)c5c(=O)n34)C=C2)C=C1. The molecule has 17 heteroatoms. The molecule has 8 aromatic rings. The number of carbonyl (C=O) groups excluding carboxylic acids is 2. The highest BCUT2D eigenvalue weighted by Gasteiger charge is 2.29. The van der Waals surface area contributed by atoms with Gasteiger partial charge in [-0.3, -0.25) is 28.5 Å². The Balaban J connectivity index is 0.853. The van der Waals surface area contributed by atoms with Gasteiger partial charge in [0.05, 0.1) is 35.4 Å². The molecule has 17 nitrogen and oxygen atoms in total. The van der Waals surface area contributed by atoms with Gasteiger partial charge in [0.15, 0.2) is 22.3 Å². The third-order valence-corrected chi connectivity index (χ3v) is 11.3. The van der Waals surface area contributed by atoms with Gasteiger partial charge >= 0.3 is 12.2 Å².